The third kappa shape index (κ3) is 3.39. The van der Waals surface area contributed by atoms with Gasteiger partial charge in [0.2, 0.25) is 0 Å². The summed E-state index contributed by atoms with van der Waals surface area (Å²) >= 11 is 1.85. The van der Waals surface area contributed by atoms with E-state index in [1.54, 1.807) is 0 Å². The van der Waals surface area contributed by atoms with Gasteiger partial charge < -0.3 is 9.84 Å². The van der Waals surface area contributed by atoms with E-state index in [2.05, 4.69) is 26.0 Å². The number of para-hydroxylation sites is 1. The lowest BCUT2D eigenvalue weighted by Crippen LogP contribution is -2.62. The Morgan fingerprint density at radius 1 is 1.08 bits per heavy atom. The molecule has 3 fully saturated rings. The van der Waals surface area contributed by atoms with Crippen LogP contribution in [0.25, 0.3) is 0 Å². The molecule has 3 aliphatic rings. The highest BCUT2D eigenvalue weighted by Gasteiger charge is 2.60. The lowest BCUT2D eigenvalue weighted by molar-refractivity contribution is -0.190. The first-order valence-corrected chi connectivity index (χ1v) is 10.7. The molecule has 1 N–H and O–H groups in total. The molecule has 3 unspecified atom stereocenters. The molecule has 2 aromatic rings. The Kier molecular flexibility index (Phi) is 4.79. The van der Waals surface area contributed by atoms with Gasteiger partial charge in [-0.15, -0.1) is 0 Å². The number of rotatable bonds is 6. The highest BCUT2D eigenvalue weighted by molar-refractivity contribution is 7.98. The van der Waals surface area contributed by atoms with Crippen LogP contribution in [0.4, 0.5) is 0 Å². The molecule has 2 aromatic carbocycles. The largest absolute Gasteiger partial charge is 0.457 e. The van der Waals surface area contributed by atoms with Crippen LogP contribution in [0.3, 0.4) is 0 Å². The lowest BCUT2D eigenvalue weighted by Gasteiger charge is -2.63. The Labute approximate surface area is 161 Å². The van der Waals surface area contributed by atoms with Crippen LogP contribution in [0.1, 0.15) is 38.7 Å². The molecule has 0 heterocycles. The maximum atomic E-state index is 11.2. The molecular formula is C23H28O2S. The molecule has 0 amide bonds. The molecule has 26 heavy (non-hydrogen) atoms. The Bertz CT molecular complexity index is 756. The molecule has 3 saturated carbocycles. The van der Waals surface area contributed by atoms with Crippen molar-refractivity contribution in [3.05, 3.63) is 60.2 Å². The topological polar surface area (TPSA) is 29.5 Å². The van der Waals surface area contributed by atoms with Gasteiger partial charge in [-0.2, -0.15) is 11.8 Å². The van der Waals surface area contributed by atoms with Crippen molar-refractivity contribution in [3.8, 4) is 11.5 Å². The van der Waals surface area contributed by atoms with E-state index in [-0.39, 0.29) is 0 Å². The fourth-order valence-electron chi connectivity index (χ4n) is 4.86. The Morgan fingerprint density at radius 3 is 2.58 bits per heavy atom. The second kappa shape index (κ2) is 6.94. The number of thioether (sulfide) groups is 1. The molecule has 0 aliphatic heterocycles. The van der Waals surface area contributed by atoms with Gasteiger partial charge in [-0.25, -0.2) is 0 Å². The van der Waals surface area contributed by atoms with Crippen LogP contribution in [0.2, 0.25) is 0 Å². The summed E-state index contributed by atoms with van der Waals surface area (Å²) in [5.41, 5.74) is 1.08. The average Bonchev–Trinajstić information content (AvgIpc) is 2.62. The van der Waals surface area contributed by atoms with Crippen molar-refractivity contribution in [1.82, 2.24) is 0 Å². The van der Waals surface area contributed by atoms with Crippen molar-refractivity contribution < 1.29 is 9.84 Å². The maximum absolute atomic E-state index is 11.2. The van der Waals surface area contributed by atoms with Crippen LogP contribution < -0.4 is 4.74 Å². The van der Waals surface area contributed by atoms with Crippen molar-refractivity contribution in [2.45, 2.75) is 44.5 Å². The predicted octanol–water partition coefficient (Wildman–Crippen LogP) is 5.90. The average molecular weight is 369 g/mol. The van der Waals surface area contributed by atoms with Crippen molar-refractivity contribution >= 4 is 11.8 Å². The van der Waals surface area contributed by atoms with E-state index < -0.39 is 5.60 Å². The highest BCUT2D eigenvalue weighted by atomic mass is 32.2. The minimum atomic E-state index is -0.485. The summed E-state index contributed by atoms with van der Waals surface area (Å²) in [4.78, 5) is 0. The summed E-state index contributed by atoms with van der Waals surface area (Å²) in [6.07, 6.45) is 3.36. The first-order valence-electron chi connectivity index (χ1n) is 9.59. The van der Waals surface area contributed by atoms with E-state index in [0.717, 1.165) is 35.3 Å². The minimum Gasteiger partial charge on any atom is -0.457 e. The molecule has 3 heteroatoms. The molecule has 5 rings (SSSR count). The van der Waals surface area contributed by atoms with Gasteiger partial charge in [-0.1, -0.05) is 44.2 Å². The van der Waals surface area contributed by atoms with E-state index in [1.165, 1.54) is 18.4 Å². The van der Waals surface area contributed by atoms with Crippen molar-refractivity contribution in [2.24, 2.45) is 17.3 Å². The van der Waals surface area contributed by atoms with Crippen molar-refractivity contribution in [2.75, 3.05) is 5.75 Å². The van der Waals surface area contributed by atoms with Crippen LogP contribution in [-0.4, -0.2) is 16.5 Å². The van der Waals surface area contributed by atoms with Gasteiger partial charge in [0.05, 0.1) is 5.60 Å². The minimum absolute atomic E-state index is 0.316. The molecule has 0 radical (unpaired) electrons. The molecule has 0 spiro atoms. The van der Waals surface area contributed by atoms with Gasteiger partial charge in [0.15, 0.2) is 0 Å². The van der Waals surface area contributed by atoms with Gasteiger partial charge >= 0.3 is 0 Å². The second-order valence-electron chi connectivity index (χ2n) is 8.50. The van der Waals surface area contributed by atoms with Crippen LogP contribution >= 0.6 is 11.8 Å². The fraction of sp³-hybridized carbons (Fsp3) is 0.478. The van der Waals surface area contributed by atoms with E-state index in [9.17, 15) is 5.11 Å². The molecule has 2 nitrogen and oxygen atoms in total. The Morgan fingerprint density at radius 2 is 1.85 bits per heavy atom. The van der Waals surface area contributed by atoms with E-state index in [1.807, 2.05) is 54.2 Å². The number of ether oxygens (including phenoxy) is 1. The molecule has 138 valence electrons. The third-order valence-electron chi connectivity index (χ3n) is 6.54. The predicted molar refractivity (Wildman–Crippen MR) is 109 cm³/mol. The third-order valence-corrected chi connectivity index (χ3v) is 7.78. The summed E-state index contributed by atoms with van der Waals surface area (Å²) in [5, 5.41) is 11.2. The number of hydrogen-bond acceptors (Lipinski definition) is 3. The number of aliphatic hydroxyl groups is 1. The zero-order chi connectivity index (χ0) is 18.2. The number of hydrogen-bond donors (Lipinski definition) is 1. The molecule has 2 bridgehead atoms. The van der Waals surface area contributed by atoms with E-state index >= 15 is 0 Å². The molecule has 3 aliphatic carbocycles. The molecule has 0 saturated heterocycles. The smallest absolute Gasteiger partial charge is 0.127 e. The Balaban J connectivity index is 1.34. The summed E-state index contributed by atoms with van der Waals surface area (Å²) in [5.74, 6) is 4.76. The summed E-state index contributed by atoms with van der Waals surface area (Å²) < 4.78 is 5.93. The van der Waals surface area contributed by atoms with Gasteiger partial charge in [0.25, 0.3) is 0 Å². The molecule has 0 aromatic heterocycles. The lowest BCUT2D eigenvalue weighted by atomic mass is 9.44. The van der Waals surface area contributed by atoms with Gasteiger partial charge in [-0.05, 0) is 66.3 Å². The summed E-state index contributed by atoms with van der Waals surface area (Å²) in [6, 6.07) is 18.2. The maximum Gasteiger partial charge on any atom is 0.127 e. The zero-order valence-electron chi connectivity index (χ0n) is 15.7. The van der Waals surface area contributed by atoms with Crippen LogP contribution in [0.15, 0.2) is 54.6 Å². The standard InChI is InChI=1S/C23H28O2S/c1-22(2)18-11-12-23(24,21(22)14-18)16-26-15-17-7-6-10-20(13-17)25-19-8-4-3-5-9-19/h3-10,13,18,21,24H,11-12,14-16H2,1-2H3. The number of fused-ring (bicyclic) bond motifs is 2. The first kappa shape index (κ1) is 17.9. The van der Waals surface area contributed by atoms with Crippen molar-refractivity contribution in [3.63, 3.8) is 0 Å². The SMILES string of the molecule is CC1(C)C2CCC(O)(CSCc3cccc(Oc4ccccc4)c3)C1C2. The monoisotopic (exact) mass is 368 g/mol. The van der Waals surface area contributed by atoms with Crippen LogP contribution in [-0.2, 0) is 5.75 Å². The van der Waals surface area contributed by atoms with Gasteiger partial charge in [0, 0.05) is 11.5 Å². The normalized spacial score (nSPS) is 29.0. The van der Waals surface area contributed by atoms with Gasteiger partial charge in [0.1, 0.15) is 11.5 Å². The number of benzene rings is 2. The van der Waals surface area contributed by atoms with Crippen molar-refractivity contribution in [1.29, 1.82) is 0 Å². The van der Waals surface area contributed by atoms with E-state index in [4.69, 9.17) is 4.74 Å². The fourth-order valence-corrected chi connectivity index (χ4v) is 6.07. The first-order chi connectivity index (χ1) is 12.5. The van der Waals surface area contributed by atoms with E-state index in [0.29, 0.717) is 11.3 Å². The second-order valence-corrected chi connectivity index (χ2v) is 9.49. The van der Waals surface area contributed by atoms with Crippen LogP contribution in [0, 0.1) is 17.3 Å². The van der Waals surface area contributed by atoms with Crippen LogP contribution in [0.5, 0.6) is 11.5 Å². The summed E-state index contributed by atoms with van der Waals surface area (Å²) in [7, 11) is 0. The summed E-state index contributed by atoms with van der Waals surface area (Å²) in [6.45, 7) is 4.68. The highest BCUT2D eigenvalue weighted by Crippen LogP contribution is 2.63. The molecule has 3 atom stereocenters. The molecular weight excluding hydrogens is 340 g/mol. The van der Waals surface area contributed by atoms with Gasteiger partial charge in [-0.3, -0.25) is 0 Å². The Hall–Kier alpha value is -1.45. The zero-order valence-corrected chi connectivity index (χ0v) is 16.5. The quantitative estimate of drug-likeness (QED) is 0.688.